The average Bonchev–Trinajstić information content (AvgIpc) is 3.21. The molecule has 0 aromatic heterocycles. The summed E-state index contributed by atoms with van der Waals surface area (Å²) in [6.45, 7) is 3.39. The Morgan fingerprint density at radius 3 is 2.63 bits per heavy atom. The Kier molecular flexibility index (Phi) is 6.45. The minimum atomic E-state index is -0.590. The van der Waals surface area contributed by atoms with Crippen molar-refractivity contribution in [3.63, 3.8) is 0 Å². The molecule has 3 rings (SSSR count). The van der Waals surface area contributed by atoms with Gasteiger partial charge in [0.15, 0.2) is 6.10 Å². The van der Waals surface area contributed by atoms with Gasteiger partial charge in [-0.1, -0.05) is 30.3 Å². The van der Waals surface area contributed by atoms with Gasteiger partial charge in [0.05, 0.1) is 12.5 Å². The molecule has 1 saturated heterocycles. The predicted molar refractivity (Wildman–Crippen MR) is 106 cm³/mol. The molecule has 27 heavy (non-hydrogen) atoms. The second-order valence-corrected chi connectivity index (χ2v) is 6.82. The van der Waals surface area contributed by atoms with Gasteiger partial charge in [-0.25, -0.2) is 0 Å². The van der Waals surface area contributed by atoms with E-state index in [9.17, 15) is 4.79 Å². The van der Waals surface area contributed by atoms with Crippen molar-refractivity contribution < 1.29 is 9.53 Å². The molecule has 1 N–H and O–H groups in total. The van der Waals surface area contributed by atoms with Gasteiger partial charge in [-0.05, 0) is 56.1 Å². The third-order valence-electron chi connectivity index (χ3n) is 4.77. The van der Waals surface area contributed by atoms with E-state index in [1.165, 1.54) is 0 Å². The van der Waals surface area contributed by atoms with E-state index in [2.05, 4.69) is 11.4 Å². The van der Waals surface area contributed by atoms with Gasteiger partial charge in [0.2, 0.25) is 0 Å². The van der Waals surface area contributed by atoms with Crippen molar-refractivity contribution in [2.24, 2.45) is 0 Å². The fourth-order valence-corrected chi connectivity index (χ4v) is 3.31. The number of nitriles is 1. The lowest BCUT2D eigenvalue weighted by Crippen LogP contribution is -2.46. The Morgan fingerprint density at radius 2 is 2.00 bits per heavy atom. The third-order valence-corrected chi connectivity index (χ3v) is 4.77. The molecule has 0 saturated carbocycles. The zero-order valence-corrected chi connectivity index (χ0v) is 15.6. The first-order chi connectivity index (χ1) is 13.2. The summed E-state index contributed by atoms with van der Waals surface area (Å²) in [5, 5.41) is 12.3. The highest BCUT2D eigenvalue weighted by molar-refractivity contribution is 5.96. The highest BCUT2D eigenvalue weighted by Gasteiger charge is 2.27. The maximum absolute atomic E-state index is 13.2. The van der Waals surface area contributed by atoms with Crippen molar-refractivity contribution >= 4 is 11.6 Å². The molecular weight excluding hydrogens is 338 g/mol. The van der Waals surface area contributed by atoms with Crippen LogP contribution in [-0.2, 0) is 11.2 Å². The molecule has 140 valence electrons. The minimum absolute atomic E-state index is 0.0689. The number of hydrogen-bond donors (Lipinski definition) is 1. The zero-order valence-electron chi connectivity index (χ0n) is 15.6. The highest BCUT2D eigenvalue weighted by atomic mass is 16.5. The van der Waals surface area contributed by atoms with Crippen LogP contribution in [0.4, 0.5) is 5.69 Å². The number of amides is 1. The molecule has 2 aromatic rings. The summed E-state index contributed by atoms with van der Waals surface area (Å²) < 4.78 is 5.85. The lowest BCUT2D eigenvalue weighted by molar-refractivity contribution is -0.124. The number of carbonyl (C=O) groups is 1. The molecule has 2 atom stereocenters. The SMILES string of the molecule is CC(Oc1ccccc1)C(=O)N(C[C@H]1CCCN1)c1ccc(CC#N)cc1. The van der Waals surface area contributed by atoms with E-state index in [0.717, 1.165) is 30.6 Å². The van der Waals surface area contributed by atoms with Crippen LogP contribution in [0.2, 0.25) is 0 Å². The number of ether oxygens (including phenoxy) is 1. The van der Waals surface area contributed by atoms with Crippen molar-refractivity contribution in [1.29, 1.82) is 5.26 Å². The van der Waals surface area contributed by atoms with Crippen LogP contribution in [0.1, 0.15) is 25.3 Å². The van der Waals surface area contributed by atoms with E-state index < -0.39 is 6.10 Å². The number of rotatable bonds is 7. The molecule has 0 bridgehead atoms. The summed E-state index contributed by atoms with van der Waals surface area (Å²) in [4.78, 5) is 15.0. The number of anilines is 1. The predicted octanol–water partition coefficient (Wildman–Crippen LogP) is 3.31. The summed E-state index contributed by atoms with van der Waals surface area (Å²) in [5.41, 5.74) is 1.78. The molecule has 2 aromatic carbocycles. The topological polar surface area (TPSA) is 65.4 Å². The summed E-state index contributed by atoms with van der Waals surface area (Å²) in [6.07, 6.45) is 1.97. The van der Waals surface area contributed by atoms with E-state index in [-0.39, 0.29) is 11.9 Å². The molecular formula is C22H25N3O2. The van der Waals surface area contributed by atoms with Crippen LogP contribution in [0, 0.1) is 11.3 Å². The first-order valence-corrected chi connectivity index (χ1v) is 9.39. The second-order valence-electron chi connectivity index (χ2n) is 6.82. The van der Waals surface area contributed by atoms with E-state index >= 15 is 0 Å². The molecule has 1 aliphatic heterocycles. The van der Waals surface area contributed by atoms with Crippen molar-refractivity contribution in [2.75, 3.05) is 18.0 Å². The van der Waals surface area contributed by atoms with Gasteiger partial charge in [-0.3, -0.25) is 4.79 Å². The van der Waals surface area contributed by atoms with Crippen molar-refractivity contribution in [3.8, 4) is 11.8 Å². The molecule has 1 unspecified atom stereocenters. The van der Waals surface area contributed by atoms with Crippen LogP contribution in [0.3, 0.4) is 0 Å². The van der Waals surface area contributed by atoms with Crippen molar-refractivity contribution in [2.45, 2.75) is 38.3 Å². The molecule has 1 heterocycles. The number of carbonyl (C=O) groups excluding carboxylic acids is 1. The van der Waals surface area contributed by atoms with Gasteiger partial charge >= 0.3 is 0 Å². The molecule has 1 fully saturated rings. The second kappa shape index (κ2) is 9.20. The maximum Gasteiger partial charge on any atom is 0.267 e. The van der Waals surface area contributed by atoms with Gasteiger partial charge in [-0.15, -0.1) is 0 Å². The molecule has 5 heteroatoms. The normalized spacial score (nSPS) is 17.1. The highest BCUT2D eigenvalue weighted by Crippen LogP contribution is 2.21. The molecule has 0 aliphatic carbocycles. The average molecular weight is 363 g/mol. The van der Waals surface area contributed by atoms with E-state index in [1.807, 2.05) is 54.6 Å². The van der Waals surface area contributed by atoms with Gasteiger partial charge in [0.25, 0.3) is 5.91 Å². The Morgan fingerprint density at radius 1 is 1.26 bits per heavy atom. The monoisotopic (exact) mass is 363 g/mol. The lowest BCUT2D eigenvalue weighted by Gasteiger charge is -2.29. The molecule has 1 amide bonds. The Bertz CT molecular complexity index is 777. The number of nitrogens with one attached hydrogen (secondary N) is 1. The van der Waals surface area contributed by atoms with Crippen LogP contribution < -0.4 is 15.0 Å². The van der Waals surface area contributed by atoms with E-state index in [1.54, 1.807) is 11.8 Å². The fraction of sp³-hybridized carbons (Fsp3) is 0.364. The first kappa shape index (κ1) is 18.9. The van der Waals surface area contributed by atoms with E-state index in [4.69, 9.17) is 10.00 Å². The smallest absolute Gasteiger partial charge is 0.267 e. The lowest BCUT2D eigenvalue weighted by atomic mass is 10.1. The van der Waals surface area contributed by atoms with Gasteiger partial charge in [0, 0.05) is 18.3 Å². The van der Waals surface area contributed by atoms with Crippen LogP contribution in [0.15, 0.2) is 54.6 Å². The summed E-state index contributed by atoms with van der Waals surface area (Å²) >= 11 is 0. The number of hydrogen-bond acceptors (Lipinski definition) is 4. The van der Waals surface area contributed by atoms with Gasteiger partial charge in [0.1, 0.15) is 5.75 Å². The minimum Gasteiger partial charge on any atom is -0.481 e. The van der Waals surface area contributed by atoms with E-state index in [0.29, 0.717) is 18.7 Å². The Labute approximate surface area is 160 Å². The number of nitrogens with zero attached hydrogens (tertiary/aromatic N) is 2. The number of para-hydroxylation sites is 1. The largest absolute Gasteiger partial charge is 0.481 e. The third kappa shape index (κ3) is 5.08. The fourth-order valence-electron chi connectivity index (χ4n) is 3.31. The molecule has 0 radical (unpaired) electrons. The summed E-state index contributed by atoms with van der Waals surface area (Å²) in [6, 6.07) is 19.5. The summed E-state index contributed by atoms with van der Waals surface area (Å²) in [5.74, 6) is 0.613. The summed E-state index contributed by atoms with van der Waals surface area (Å²) in [7, 11) is 0. The van der Waals surface area contributed by atoms with Crippen LogP contribution >= 0.6 is 0 Å². The Balaban J connectivity index is 1.77. The zero-order chi connectivity index (χ0) is 19.1. The first-order valence-electron chi connectivity index (χ1n) is 9.39. The van der Waals surface area contributed by atoms with Crippen LogP contribution in [0.25, 0.3) is 0 Å². The standard InChI is InChI=1S/C22H25N3O2/c1-17(27-21-7-3-2-4-8-21)22(26)25(16-19-6-5-15-24-19)20-11-9-18(10-12-20)13-14-23/h2-4,7-12,17,19,24H,5-6,13,15-16H2,1H3/t17?,19-/m1/s1. The van der Waals surface area contributed by atoms with Gasteiger partial charge < -0.3 is 15.0 Å². The molecule has 5 nitrogen and oxygen atoms in total. The van der Waals surface area contributed by atoms with Gasteiger partial charge in [-0.2, -0.15) is 5.26 Å². The van der Waals surface area contributed by atoms with Crippen LogP contribution in [-0.4, -0.2) is 31.1 Å². The molecule has 1 aliphatic rings. The quantitative estimate of drug-likeness (QED) is 0.820. The molecule has 0 spiro atoms. The van der Waals surface area contributed by atoms with Crippen LogP contribution in [0.5, 0.6) is 5.75 Å². The van der Waals surface area contributed by atoms with Crippen molar-refractivity contribution in [3.05, 3.63) is 60.2 Å². The maximum atomic E-state index is 13.2. The van der Waals surface area contributed by atoms with Crippen molar-refractivity contribution in [1.82, 2.24) is 5.32 Å². The number of benzene rings is 2. The Hall–Kier alpha value is -2.84.